The Morgan fingerprint density at radius 3 is 1.83 bits per heavy atom. The molecule has 0 heterocycles. The molecule has 1 aliphatic carbocycles. The zero-order valence-corrected chi connectivity index (χ0v) is 16.1. The Hall–Kier alpha value is -1.67. The molecule has 0 radical (unpaired) electrons. The minimum atomic E-state index is -7.41. The first kappa shape index (κ1) is 26.4. The van der Waals surface area contributed by atoms with Gasteiger partial charge in [-0.1, -0.05) is 12.8 Å². The minimum Gasteiger partial charge on any atom is -0.463 e. The van der Waals surface area contributed by atoms with Crippen LogP contribution in [0.15, 0.2) is 11.3 Å². The molecule has 0 aromatic heterocycles. The van der Waals surface area contributed by atoms with Crippen LogP contribution in [0.4, 0.5) is 39.5 Å². The first-order valence-corrected chi connectivity index (χ1v) is 9.88. The molecule has 0 aromatic carbocycles. The number of allylic oxidation sites excluding steroid dienone is 1. The van der Waals surface area contributed by atoms with E-state index in [2.05, 4.69) is 8.92 Å². The fourth-order valence-corrected chi connectivity index (χ4v) is 3.46. The van der Waals surface area contributed by atoms with E-state index >= 15 is 0 Å². The summed E-state index contributed by atoms with van der Waals surface area (Å²) in [6.45, 7) is 1.10. The Morgan fingerprint density at radius 2 is 1.37 bits per heavy atom. The zero-order valence-electron chi connectivity index (χ0n) is 15.3. The maximum absolute atomic E-state index is 13.8. The molecule has 0 atom stereocenters. The van der Waals surface area contributed by atoms with Gasteiger partial charge in [-0.25, -0.2) is 4.79 Å². The van der Waals surface area contributed by atoms with Gasteiger partial charge in [0, 0.05) is 6.42 Å². The van der Waals surface area contributed by atoms with E-state index in [4.69, 9.17) is 0 Å². The molecule has 176 valence electrons. The van der Waals surface area contributed by atoms with Gasteiger partial charge in [-0.05, 0) is 26.2 Å². The van der Waals surface area contributed by atoms with Crippen molar-refractivity contribution in [2.75, 3.05) is 6.61 Å². The fourth-order valence-electron chi connectivity index (χ4n) is 2.46. The summed E-state index contributed by atoms with van der Waals surface area (Å²) < 4.78 is 149. The third-order valence-corrected chi connectivity index (χ3v) is 5.38. The van der Waals surface area contributed by atoms with Gasteiger partial charge in [0.25, 0.3) is 0 Å². The van der Waals surface area contributed by atoms with Gasteiger partial charge in [0.2, 0.25) is 0 Å². The van der Waals surface area contributed by atoms with Crippen LogP contribution in [0.5, 0.6) is 0 Å². The largest absolute Gasteiger partial charge is 0.463 e. The third kappa shape index (κ3) is 4.80. The highest BCUT2D eigenvalue weighted by molar-refractivity contribution is 7.88. The summed E-state index contributed by atoms with van der Waals surface area (Å²) in [4.78, 5) is 11.9. The van der Waals surface area contributed by atoms with Crippen LogP contribution >= 0.6 is 0 Å². The summed E-state index contributed by atoms with van der Waals surface area (Å²) >= 11 is 0. The lowest BCUT2D eigenvalue weighted by atomic mass is 9.98. The molecule has 15 heteroatoms. The average Bonchev–Trinajstić information content (AvgIpc) is 2.56. The van der Waals surface area contributed by atoms with Gasteiger partial charge < -0.3 is 8.92 Å². The van der Waals surface area contributed by atoms with E-state index in [9.17, 15) is 52.7 Å². The quantitative estimate of drug-likeness (QED) is 0.294. The summed E-state index contributed by atoms with van der Waals surface area (Å²) in [5, 5.41) is -6.99. The SMILES string of the molecule is CCOC(=O)/C1=C(\OS(=O)(=O)C(F)(F)C(F)(F)C(F)(F)C(F)(F)F)CCCCCC1. The van der Waals surface area contributed by atoms with Gasteiger partial charge in [0.05, 0.1) is 12.2 Å². The average molecular weight is 480 g/mol. The second kappa shape index (κ2) is 8.83. The van der Waals surface area contributed by atoms with Crippen LogP contribution in [0, 0.1) is 0 Å². The summed E-state index contributed by atoms with van der Waals surface area (Å²) in [6, 6.07) is 0. The lowest BCUT2D eigenvalue weighted by molar-refractivity contribution is -0.382. The Balaban J connectivity index is 3.46. The van der Waals surface area contributed by atoms with Crippen LogP contribution in [-0.4, -0.2) is 44.3 Å². The monoisotopic (exact) mass is 480 g/mol. The molecule has 0 unspecified atom stereocenters. The molecule has 0 fully saturated rings. The van der Waals surface area contributed by atoms with E-state index in [-0.39, 0.29) is 25.9 Å². The number of hydrogen-bond acceptors (Lipinski definition) is 5. The molecular weight excluding hydrogens is 463 g/mol. The molecular formula is C15H17F9O5S. The van der Waals surface area contributed by atoms with Gasteiger partial charge in [-0.2, -0.15) is 47.9 Å². The van der Waals surface area contributed by atoms with Gasteiger partial charge in [0.1, 0.15) is 5.76 Å². The van der Waals surface area contributed by atoms with Crippen molar-refractivity contribution < 1.29 is 61.6 Å². The van der Waals surface area contributed by atoms with Crippen LogP contribution in [0.2, 0.25) is 0 Å². The van der Waals surface area contributed by atoms with Crippen molar-refractivity contribution in [3.63, 3.8) is 0 Å². The second-order valence-electron chi connectivity index (χ2n) is 6.24. The molecule has 0 bridgehead atoms. The number of ether oxygens (including phenoxy) is 1. The molecule has 1 aliphatic rings. The number of rotatable bonds is 7. The molecule has 0 amide bonds. The third-order valence-electron chi connectivity index (χ3n) is 4.08. The van der Waals surface area contributed by atoms with E-state index in [0.717, 1.165) is 0 Å². The number of carbonyl (C=O) groups excluding carboxylic acids is 1. The number of carbonyl (C=O) groups is 1. The summed E-state index contributed by atoms with van der Waals surface area (Å²) in [7, 11) is -7.10. The van der Waals surface area contributed by atoms with Crippen LogP contribution in [-0.2, 0) is 23.8 Å². The Morgan fingerprint density at radius 1 is 0.867 bits per heavy atom. The second-order valence-corrected chi connectivity index (χ2v) is 7.82. The maximum atomic E-state index is 13.8. The lowest BCUT2D eigenvalue weighted by Crippen LogP contribution is -2.63. The minimum absolute atomic E-state index is 0.0361. The summed E-state index contributed by atoms with van der Waals surface area (Å²) in [5.74, 6) is -17.1. The van der Waals surface area contributed by atoms with E-state index in [1.54, 1.807) is 0 Å². The molecule has 0 aliphatic heterocycles. The van der Waals surface area contributed by atoms with Gasteiger partial charge in [-0.15, -0.1) is 0 Å². The van der Waals surface area contributed by atoms with Crippen molar-refractivity contribution in [1.82, 2.24) is 0 Å². The van der Waals surface area contributed by atoms with Crippen molar-refractivity contribution in [3.05, 3.63) is 11.3 Å². The molecule has 5 nitrogen and oxygen atoms in total. The Labute approximate surface area is 165 Å². The van der Waals surface area contributed by atoms with Crippen LogP contribution in [0.3, 0.4) is 0 Å². The van der Waals surface area contributed by atoms with Crippen LogP contribution in [0.1, 0.15) is 45.4 Å². The normalized spacial score (nSPS) is 20.3. The van der Waals surface area contributed by atoms with Crippen LogP contribution < -0.4 is 0 Å². The highest BCUT2D eigenvalue weighted by Gasteiger charge is 2.86. The maximum Gasteiger partial charge on any atom is 0.460 e. The highest BCUT2D eigenvalue weighted by Crippen LogP contribution is 2.55. The predicted molar refractivity (Wildman–Crippen MR) is 82.3 cm³/mol. The first-order valence-electron chi connectivity index (χ1n) is 8.47. The number of halogens is 9. The van der Waals surface area contributed by atoms with E-state index in [1.165, 1.54) is 6.92 Å². The predicted octanol–water partition coefficient (Wildman–Crippen LogP) is 4.93. The standard InChI is InChI=1S/C15H17F9O5S/c1-2-28-11(25)9-7-5-3-4-6-8-10(9)29-30(26,27)15(23,24)13(18,19)12(16,17)14(20,21)22/h2-8H2,1H3/b10-9-. The highest BCUT2D eigenvalue weighted by atomic mass is 32.2. The summed E-state index contributed by atoms with van der Waals surface area (Å²) in [5.41, 5.74) is -0.609. The molecule has 0 aromatic rings. The fraction of sp³-hybridized carbons (Fsp3) is 0.800. The lowest BCUT2D eigenvalue weighted by Gasteiger charge is -2.32. The van der Waals surface area contributed by atoms with Gasteiger partial charge in [0.15, 0.2) is 0 Å². The van der Waals surface area contributed by atoms with E-state index in [0.29, 0.717) is 12.8 Å². The van der Waals surface area contributed by atoms with Gasteiger partial charge in [-0.3, -0.25) is 0 Å². The molecule has 30 heavy (non-hydrogen) atoms. The Kier molecular flexibility index (Phi) is 7.76. The zero-order chi connectivity index (χ0) is 23.6. The molecule has 0 saturated carbocycles. The molecule has 1 rings (SSSR count). The van der Waals surface area contributed by atoms with Crippen molar-refractivity contribution in [2.24, 2.45) is 0 Å². The van der Waals surface area contributed by atoms with Crippen molar-refractivity contribution in [1.29, 1.82) is 0 Å². The van der Waals surface area contributed by atoms with Crippen LogP contribution in [0.25, 0.3) is 0 Å². The van der Waals surface area contributed by atoms with E-state index in [1.807, 2.05) is 0 Å². The molecule has 0 spiro atoms. The number of hydrogen-bond donors (Lipinski definition) is 0. The molecule has 0 N–H and O–H groups in total. The molecule has 0 saturated heterocycles. The first-order chi connectivity index (χ1) is 13.4. The Bertz CT molecular complexity index is 772. The van der Waals surface area contributed by atoms with Crippen molar-refractivity contribution in [3.8, 4) is 0 Å². The summed E-state index contributed by atoms with van der Waals surface area (Å²) in [6.07, 6.45) is -6.84. The number of esters is 1. The van der Waals surface area contributed by atoms with Crippen molar-refractivity contribution >= 4 is 16.1 Å². The topological polar surface area (TPSA) is 69.7 Å². The smallest absolute Gasteiger partial charge is 0.460 e. The van der Waals surface area contributed by atoms with Gasteiger partial charge >= 0.3 is 39.4 Å². The van der Waals surface area contributed by atoms with Crippen molar-refractivity contribution in [2.45, 2.75) is 68.7 Å². The number of alkyl halides is 9. The van der Waals surface area contributed by atoms with E-state index < -0.39 is 57.1 Å².